The van der Waals surface area contributed by atoms with Gasteiger partial charge in [-0.15, -0.1) is 0 Å². The molecule has 0 saturated carbocycles. The van der Waals surface area contributed by atoms with Crippen molar-refractivity contribution in [2.45, 2.75) is 13.3 Å². The summed E-state index contributed by atoms with van der Waals surface area (Å²) in [5.74, 6) is 0.842. The van der Waals surface area contributed by atoms with Crippen molar-refractivity contribution in [1.82, 2.24) is 9.97 Å². The van der Waals surface area contributed by atoms with Gasteiger partial charge in [0, 0.05) is 24.6 Å². The number of nitrogens with zero attached hydrogens (tertiary/aromatic N) is 2. The van der Waals surface area contributed by atoms with Crippen LogP contribution in [0.2, 0.25) is 5.02 Å². The Bertz CT molecular complexity index is 420. The van der Waals surface area contributed by atoms with Gasteiger partial charge in [-0.25, -0.2) is 4.98 Å². The molecule has 0 unspecified atom stereocenters. The summed E-state index contributed by atoms with van der Waals surface area (Å²) in [4.78, 5) is 8.42. The number of nitrogens with one attached hydrogen (secondary N) is 1. The summed E-state index contributed by atoms with van der Waals surface area (Å²) in [6.45, 7) is 2.82. The minimum absolute atomic E-state index is 0.651. The highest BCUT2D eigenvalue weighted by Crippen LogP contribution is 2.09. The van der Waals surface area contributed by atoms with Crippen molar-refractivity contribution < 1.29 is 0 Å². The van der Waals surface area contributed by atoms with Crippen LogP contribution in [0.15, 0.2) is 36.7 Å². The highest BCUT2D eigenvalue weighted by molar-refractivity contribution is 6.30. The van der Waals surface area contributed by atoms with Crippen LogP contribution in [0, 0.1) is 6.92 Å². The molecule has 0 spiro atoms. The number of hydrogen-bond donors (Lipinski definition) is 1. The lowest BCUT2D eigenvalue weighted by atomic mass is 10.2. The molecule has 88 valence electrons. The smallest absolute Gasteiger partial charge is 0.125 e. The van der Waals surface area contributed by atoms with Crippen LogP contribution in [-0.2, 0) is 6.42 Å². The molecule has 2 rings (SSSR count). The highest BCUT2D eigenvalue weighted by atomic mass is 35.5. The quantitative estimate of drug-likeness (QED) is 0.902. The minimum atomic E-state index is 0.651. The number of rotatable bonds is 4. The van der Waals surface area contributed by atoms with Gasteiger partial charge >= 0.3 is 0 Å². The average molecular weight is 248 g/mol. The molecule has 0 amide bonds. The maximum Gasteiger partial charge on any atom is 0.125 e. The largest absolute Gasteiger partial charge is 0.370 e. The first-order chi connectivity index (χ1) is 8.24. The Morgan fingerprint density at radius 2 is 2.00 bits per heavy atom. The highest BCUT2D eigenvalue weighted by Gasteiger charge is 1.96. The fraction of sp³-hybridized carbons (Fsp3) is 0.231. The summed E-state index contributed by atoms with van der Waals surface area (Å²) in [7, 11) is 0. The Morgan fingerprint density at radius 1 is 1.12 bits per heavy atom. The molecule has 0 atom stereocenters. The number of hydrogen-bond acceptors (Lipinski definition) is 3. The molecule has 0 aliphatic carbocycles. The fourth-order valence-electron chi connectivity index (χ4n) is 1.46. The van der Waals surface area contributed by atoms with E-state index in [1.165, 1.54) is 5.56 Å². The summed E-state index contributed by atoms with van der Waals surface area (Å²) in [5.41, 5.74) is 2.26. The second-order valence-corrected chi connectivity index (χ2v) is 4.28. The molecule has 2 heterocycles. The summed E-state index contributed by atoms with van der Waals surface area (Å²) >= 11 is 5.76. The van der Waals surface area contributed by atoms with Crippen LogP contribution in [-0.4, -0.2) is 16.5 Å². The zero-order valence-corrected chi connectivity index (χ0v) is 10.4. The SMILES string of the molecule is Cc1ccc(CCNc2ccc(Cl)cn2)cn1. The van der Waals surface area contributed by atoms with E-state index in [0.717, 1.165) is 24.5 Å². The van der Waals surface area contributed by atoms with E-state index < -0.39 is 0 Å². The second-order valence-electron chi connectivity index (χ2n) is 3.85. The van der Waals surface area contributed by atoms with Crippen molar-refractivity contribution in [3.63, 3.8) is 0 Å². The number of halogens is 1. The predicted molar refractivity (Wildman–Crippen MR) is 70.4 cm³/mol. The normalized spacial score (nSPS) is 10.2. The first kappa shape index (κ1) is 11.9. The van der Waals surface area contributed by atoms with E-state index in [2.05, 4.69) is 21.4 Å². The zero-order chi connectivity index (χ0) is 12.1. The molecule has 0 aromatic carbocycles. The third kappa shape index (κ3) is 3.71. The van der Waals surface area contributed by atoms with E-state index in [4.69, 9.17) is 11.6 Å². The van der Waals surface area contributed by atoms with Crippen LogP contribution < -0.4 is 5.32 Å². The third-order valence-electron chi connectivity index (χ3n) is 2.42. The number of aromatic nitrogens is 2. The lowest BCUT2D eigenvalue weighted by molar-refractivity contribution is 0.987. The first-order valence-electron chi connectivity index (χ1n) is 5.51. The Kier molecular flexibility index (Phi) is 3.94. The Balaban J connectivity index is 1.83. The standard InChI is InChI=1S/C13H14ClN3/c1-10-2-3-11(8-16-10)6-7-15-13-5-4-12(14)9-17-13/h2-5,8-9H,6-7H2,1H3,(H,15,17). The van der Waals surface area contributed by atoms with E-state index in [-0.39, 0.29) is 0 Å². The monoisotopic (exact) mass is 247 g/mol. The lowest BCUT2D eigenvalue weighted by Gasteiger charge is -2.05. The van der Waals surface area contributed by atoms with Crippen LogP contribution in [0.1, 0.15) is 11.3 Å². The van der Waals surface area contributed by atoms with Gasteiger partial charge in [0.1, 0.15) is 5.82 Å². The van der Waals surface area contributed by atoms with Gasteiger partial charge in [-0.3, -0.25) is 4.98 Å². The van der Waals surface area contributed by atoms with Crippen molar-refractivity contribution in [3.8, 4) is 0 Å². The Hall–Kier alpha value is -1.61. The number of anilines is 1. The van der Waals surface area contributed by atoms with Gasteiger partial charge in [-0.2, -0.15) is 0 Å². The molecule has 0 fully saturated rings. The van der Waals surface area contributed by atoms with Gasteiger partial charge < -0.3 is 5.32 Å². The van der Waals surface area contributed by atoms with Gasteiger partial charge in [0.2, 0.25) is 0 Å². The van der Waals surface area contributed by atoms with Crippen molar-refractivity contribution in [2.24, 2.45) is 0 Å². The molecule has 17 heavy (non-hydrogen) atoms. The molecule has 3 nitrogen and oxygen atoms in total. The van der Waals surface area contributed by atoms with Gasteiger partial charge in [-0.05, 0) is 37.1 Å². The van der Waals surface area contributed by atoms with Gasteiger partial charge in [0.05, 0.1) is 5.02 Å². The second kappa shape index (κ2) is 5.64. The van der Waals surface area contributed by atoms with Crippen molar-refractivity contribution in [1.29, 1.82) is 0 Å². The molecule has 4 heteroatoms. The Labute approximate surface area is 106 Å². The maximum atomic E-state index is 5.76. The molecule has 1 N–H and O–H groups in total. The predicted octanol–water partition coefficient (Wildman–Crippen LogP) is 3.09. The molecule has 0 radical (unpaired) electrons. The summed E-state index contributed by atoms with van der Waals surface area (Å²) < 4.78 is 0. The van der Waals surface area contributed by atoms with E-state index in [1.54, 1.807) is 6.20 Å². The molecule has 0 aliphatic heterocycles. The molecular formula is C13H14ClN3. The first-order valence-corrected chi connectivity index (χ1v) is 5.89. The van der Waals surface area contributed by atoms with Crippen LogP contribution >= 0.6 is 11.6 Å². The van der Waals surface area contributed by atoms with Gasteiger partial charge in [0.15, 0.2) is 0 Å². The molecular weight excluding hydrogens is 234 g/mol. The molecule has 2 aromatic rings. The average Bonchev–Trinajstić information content (AvgIpc) is 2.34. The van der Waals surface area contributed by atoms with Crippen LogP contribution in [0.3, 0.4) is 0 Å². The third-order valence-corrected chi connectivity index (χ3v) is 2.64. The van der Waals surface area contributed by atoms with E-state index in [0.29, 0.717) is 5.02 Å². The van der Waals surface area contributed by atoms with Crippen LogP contribution in [0.5, 0.6) is 0 Å². The summed E-state index contributed by atoms with van der Waals surface area (Å²) in [6, 6.07) is 7.81. The van der Waals surface area contributed by atoms with Gasteiger partial charge in [0.25, 0.3) is 0 Å². The van der Waals surface area contributed by atoms with Crippen LogP contribution in [0.25, 0.3) is 0 Å². The zero-order valence-electron chi connectivity index (χ0n) is 9.65. The van der Waals surface area contributed by atoms with Crippen molar-refractivity contribution >= 4 is 17.4 Å². The fourth-order valence-corrected chi connectivity index (χ4v) is 1.57. The molecule has 0 saturated heterocycles. The van der Waals surface area contributed by atoms with Crippen molar-refractivity contribution in [3.05, 3.63) is 52.9 Å². The number of pyridine rings is 2. The summed E-state index contributed by atoms with van der Waals surface area (Å²) in [5, 5.41) is 3.89. The van der Waals surface area contributed by atoms with Crippen molar-refractivity contribution in [2.75, 3.05) is 11.9 Å². The maximum absolute atomic E-state index is 5.76. The molecule has 0 bridgehead atoms. The molecule has 2 aromatic heterocycles. The van der Waals surface area contributed by atoms with Gasteiger partial charge in [-0.1, -0.05) is 17.7 Å². The molecule has 0 aliphatic rings. The number of aryl methyl sites for hydroxylation is 1. The lowest BCUT2D eigenvalue weighted by Crippen LogP contribution is -2.06. The van der Waals surface area contributed by atoms with Crippen LogP contribution in [0.4, 0.5) is 5.82 Å². The summed E-state index contributed by atoms with van der Waals surface area (Å²) in [6.07, 6.45) is 4.47. The minimum Gasteiger partial charge on any atom is -0.370 e. The van der Waals surface area contributed by atoms with E-state index in [1.807, 2.05) is 31.3 Å². The Morgan fingerprint density at radius 3 is 2.65 bits per heavy atom. The van der Waals surface area contributed by atoms with E-state index >= 15 is 0 Å². The topological polar surface area (TPSA) is 37.8 Å². The van der Waals surface area contributed by atoms with E-state index in [9.17, 15) is 0 Å².